The van der Waals surface area contributed by atoms with E-state index in [1.54, 1.807) is 0 Å². The zero-order valence-electron chi connectivity index (χ0n) is 10.00. The third kappa shape index (κ3) is 3.39. The first-order valence-corrected chi connectivity index (χ1v) is 5.12. The van der Waals surface area contributed by atoms with Gasteiger partial charge < -0.3 is 10.4 Å². The lowest BCUT2D eigenvalue weighted by molar-refractivity contribution is -0.112. The number of hydrogen-bond donors (Lipinski definition) is 2. The summed E-state index contributed by atoms with van der Waals surface area (Å²) < 4.78 is 25.6. The number of hydrogen-bond acceptors (Lipinski definition) is 3. The van der Waals surface area contributed by atoms with E-state index in [1.165, 1.54) is 13.0 Å². The van der Waals surface area contributed by atoms with E-state index in [2.05, 4.69) is 11.9 Å². The predicted molar refractivity (Wildman–Crippen MR) is 65.1 cm³/mol. The van der Waals surface area contributed by atoms with Crippen LogP contribution >= 0.6 is 0 Å². The highest BCUT2D eigenvalue weighted by Gasteiger charge is 2.16. The van der Waals surface area contributed by atoms with E-state index < -0.39 is 28.9 Å². The molecule has 0 aliphatic heterocycles. The van der Waals surface area contributed by atoms with Crippen molar-refractivity contribution in [2.75, 3.05) is 5.32 Å². The molecular weight excluding hydrogens is 254 g/mol. The first-order chi connectivity index (χ1) is 8.86. The number of nitrogens with one attached hydrogen (secondary N) is 1. The molecule has 1 aromatic rings. The quantitative estimate of drug-likeness (QED) is 0.381. The van der Waals surface area contributed by atoms with Crippen molar-refractivity contribution < 1.29 is 18.7 Å². The molecule has 0 aliphatic carbocycles. The van der Waals surface area contributed by atoms with Gasteiger partial charge in [-0.15, -0.1) is 0 Å². The first-order valence-electron chi connectivity index (χ1n) is 5.12. The molecule has 4 nitrogen and oxygen atoms in total. The van der Waals surface area contributed by atoms with Crippen LogP contribution in [-0.2, 0) is 4.79 Å². The normalized spacial score (nSPS) is 11.3. The van der Waals surface area contributed by atoms with Gasteiger partial charge in [-0.1, -0.05) is 6.58 Å². The Bertz CT molecular complexity index is 616. The Morgan fingerprint density at radius 1 is 1.42 bits per heavy atom. The average molecular weight is 264 g/mol. The molecule has 19 heavy (non-hydrogen) atoms. The van der Waals surface area contributed by atoms with Crippen LogP contribution in [0.2, 0.25) is 0 Å². The Morgan fingerprint density at radius 3 is 2.53 bits per heavy atom. The second-order valence-corrected chi connectivity index (χ2v) is 3.70. The van der Waals surface area contributed by atoms with Gasteiger partial charge in [0.1, 0.15) is 11.8 Å². The summed E-state index contributed by atoms with van der Waals surface area (Å²) in [5.74, 6) is -3.68. The molecule has 0 saturated heterocycles. The van der Waals surface area contributed by atoms with Gasteiger partial charge in [0.2, 0.25) is 0 Å². The van der Waals surface area contributed by atoms with E-state index in [-0.39, 0.29) is 11.3 Å². The van der Waals surface area contributed by atoms with Gasteiger partial charge in [0.15, 0.2) is 17.2 Å². The van der Waals surface area contributed by atoms with Crippen molar-refractivity contribution in [1.82, 2.24) is 0 Å². The number of benzene rings is 1. The summed E-state index contributed by atoms with van der Waals surface area (Å²) in [7, 11) is 0. The molecule has 0 fully saturated rings. The Balaban J connectivity index is 3.02. The minimum Gasteiger partial charge on any atom is -0.506 e. The molecule has 1 rings (SSSR count). The Labute approximate surface area is 108 Å². The Hall–Kier alpha value is -2.68. The summed E-state index contributed by atoms with van der Waals surface area (Å²) >= 11 is 0. The van der Waals surface area contributed by atoms with Crippen LogP contribution in [0.3, 0.4) is 0 Å². The van der Waals surface area contributed by atoms with E-state index in [9.17, 15) is 18.7 Å². The minimum absolute atomic E-state index is 0.0360. The van der Waals surface area contributed by atoms with E-state index >= 15 is 0 Å². The standard InChI is InChI=1S/C13H10F2N2O2/c1-7(2)12(18)9(6-16)13(19)17-8-3-4-10(14)11(15)5-8/h3-5,18H,1H2,2H3,(H,17,19)/b12-9-. The fourth-order valence-corrected chi connectivity index (χ4v) is 1.19. The molecule has 0 saturated carbocycles. The molecule has 0 bridgehead atoms. The molecule has 0 atom stereocenters. The van der Waals surface area contributed by atoms with Crippen LogP contribution < -0.4 is 5.32 Å². The van der Waals surface area contributed by atoms with Gasteiger partial charge in [0.05, 0.1) is 0 Å². The van der Waals surface area contributed by atoms with Gasteiger partial charge in [-0.25, -0.2) is 8.78 Å². The largest absolute Gasteiger partial charge is 0.506 e. The Morgan fingerprint density at radius 2 is 2.05 bits per heavy atom. The summed E-state index contributed by atoms with van der Waals surface area (Å²) in [5.41, 5.74) is -0.458. The zero-order valence-corrected chi connectivity index (χ0v) is 10.00. The number of carbonyl (C=O) groups is 1. The number of rotatable bonds is 3. The number of amides is 1. The van der Waals surface area contributed by atoms with Gasteiger partial charge in [-0.05, 0) is 24.6 Å². The molecular formula is C13H10F2N2O2. The summed E-state index contributed by atoms with van der Waals surface area (Å²) in [6.45, 7) is 4.80. The zero-order chi connectivity index (χ0) is 14.6. The number of allylic oxidation sites excluding steroid dienone is 1. The molecule has 0 aromatic heterocycles. The van der Waals surface area contributed by atoms with Gasteiger partial charge >= 0.3 is 0 Å². The van der Waals surface area contributed by atoms with Crippen LogP contribution in [0.1, 0.15) is 6.92 Å². The van der Waals surface area contributed by atoms with Crippen LogP contribution in [0, 0.1) is 23.0 Å². The molecule has 1 aromatic carbocycles. The maximum Gasteiger partial charge on any atom is 0.270 e. The molecule has 0 aliphatic rings. The first kappa shape index (κ1) is 14.4. The molecule has 0 heterocycles. The van der Waals surface area contributed by atoms with Crippen molar-refractivity contribution in [3.8, 4) is 6.07 Å². The number of halogens is 2. The SMILES string of the molecule is C=C(C)/C(O)=C(\C#N)C(=O)Nc1ccc(F)c(F)c1. The maximum atomic E-state index is 12.9. The lowest BCUT2D eigenvalue weighted by atomic mass is 10.1. The highest BCUT2D eigenvalue weighted by Crippen LogP contribution is 2.16. The number of carbonyl (C=O) groups excluding carboxylic acids is 1. The van der Waals surface area contributed by atoms with Crippen LogP contribution in [0.25, 0.3) is 0 Å². The van der Waals surface area contributed by atoms with Crippen molar-refractivity contribution >= 4 is 11.6 Å². The molecule has 2 N–H and O–H groups in total. The van der Waals surface area contributed by atoms with Gasteiger partial charge in [-0.3, -0.25) is 4.79 Å². The van der Waals surface area contributed by atoms with Crippen LogP contribution in [0.4, 0.5) is 14.5 Å². The molecule has 0 spiro atoms. The third-order valence-electron chi connectivity index (χ3n) is 2.16. The van der Waals surface area contributed by atoms with Gasteiger partial charge in [-0.2, -0.15) is 5.26 Å². The molecule has 1 amide bonds. The number of anilines is 1. The van der Waals surface area contributed by atoms with Gasteiger partial charge in [0.25, 0.3) is 5.91 Å². The number of nitrogens with zero attached hydrogens (tertiary/aromatic N) is 1. The summed E-state index contributed by atoms with van der Waals surface area (Å²) in [6, 6.07) is 4.24. The fraction of sp³-hybridized carbons (Fsp3) is 0.0769. The van der Waals surface area contributed by atoms with Crippen LogP contribution in [0.5, 0.6) is 0 Å². The van der Waals surface area contributed by atoms with Crippen molar-refractivity contribution in [3.63, 3.8) is 0 Å². The van der Waals surface area contributed by atoms with Crippen molar-refractivity contribution in [2.24, 2.45) is 0 Å². The summed E-state index contributed by atoms with van der Waals surface area (Å²) in [4.78, 5) is 11.7. The second kappa shape index (κ2) is 5.78. The fourth-order valence-electron chi connectivity index (χ4n) is 1.19. The van der Waals surface area contributed by atoms with Crippen molar-refractivity contribution in [3.05, 3.63) is 53.3 Å². The molecule has 0 unspecified atom stereocenters. The summed E-state index contributed by atoms with van der Waals surface area (Å²) in [6.07, 6.45) is 0. The third-order valence-corrected chi connectivity index (χ3v) is 2.16. The highest BCUT2D eigenvalue weighted by atomic mass is 19.2. The molecule has 98 valence electrons. The number of aliphatic hydroxyl groups is 1. The smallest absolute Gasteiger partial charge is 0.270 e. The molecule has 6 heteroatoms. The number of aliphatic hydroxyl groups excluding tert-OH is 1. The van der Waals surface area contributed by atoms with E-state index in [1.807, 2.05) is 0 Å². The second-order valence-electron chi connectivity index (χ2n) is 3.70. The van der Waals surface area contributed by atoms with Crippen LogP contribution in [0.15, 0.2) is 41.7 Å². The monoisotopic (exact) mass is 264 g/mol. The highest BCUT2D eigenvalue weighted by molar-refractivity contribution is 6.07. The minimum atomic E-state index is -1.13. The molecule has 0 radical (unpaired) electrons. The summed E-state index contributed by atoms with van der Waals surface area (Å²) in [5, 5.41) is 20.5. The van der Waals surface area contributed by atoms with Crippen LogP contribution in [-0.4, -0.2) is 11.0 Å². The lowest BCUT2D eigenvalue weighted by Gasteiger charge is -2.06. The topological polar surface area (TPSA) is 73.1 Å². The van der Waals surface area contributed by atoms with Gasteiger partial charge in [0, 0.05) is 11.8 Å². The van der Waals surface area contributed by atoms with Crippen molar-refractivity contribution in [1.29, 1.82) is 5.26 Å². The predicted octanol–water partition coefficient (Wildman–Crippen LogP) is 2.82. The number of nitriles is 1. The lowest BCUT2D eigenvalue weighted by Crippen LogP contribution is -2.16. The van der Waals surface area contributed by atoms with E-state index in [0.717, 1.165) is 18.2 Å². The Kier molecular flexibility index (Phi) is 4.37. The van der Waals surface area contributed by atoms with E-state index in [4.69, 9.17) is 5.26 Å². The average Bonchev–Trinajstić information content (AvgIpc) is 2.34. The maximum absolute atomic E-state index is 12.9. The van der Waals surface area contributed by atoms with Crippen molar-refractivity contribution in [2.45, 2.75) is 6.92 Å². The van der Waals surface area contributed by atoms with E-state index in [0.29, 0.717) is 0 Å².